The average molecular weight is 692 g/mol. The maximum Gasteiger partial charge on any atom is 2.00 e. The Bertz CT molecular complexity index is 487. The number of unbranched alkanes of at least 4 members (excludes halogenated alkanes) is 24. The summed E-state index contributed by atoms with van der Waals surface area (Å²) in [6.45, 7) is 6.67. The van der Waals surface area contributed by atoms with Crippen LogP contribution in [0.15, 0.2) is 0 Å². The molecule has 0 aromatic carbocycles. The standard InChI is InChI=1S/3C12H24O2.K.Mn/c3*1-2-3-4-5-6-7-8-9-10-11-12(13)14;;/h3*2-11H2,1H3,(H,13,14);;/q;;;+1;+2/p-3. The molecule has 0 atom stereocenters. The Kier molecular flexibility index (Phi) is 61.9. The van der Waals surface area contributed by atoms with Crippen LogP contribution in [-0.2, 0) is 31.5 Å². The molecule has 44 heavy (non-hydrogen) atoms. The third kappa shape index (κ3) is 65.3. The van der Waals surface area contributed by atoms with Gasteiger partial charge in [-0.15, -0.1) is 0 Å². The fraction of sp³-hybridized carbons (Fsp3) is 0.917. The quantitative estimate of drug-likeness (QED) is 0.0775. The third-order valence-electron chi connectivity index (χ3n) is 7.45. The van der Waals surface area contributed by atoms with E-state index in [-0.39, 0.29) is 87.7 Å². The van der Waals surface area contributed by atoms with Crippen LogP contribution in [0.3, 0.4) is 0 Å². The maximum absolute atomic E-state index is 10.1. The summed E-state index contributed by atoms with van der Waals surface area (Å²) in [6, 6.07) is 0. The summed E-state index contributed by atoms with van der Waals surface area (Å²) in [6.07, 6.45) is 33.5. The van der Waals surface area contributed by atoms with Crippen molar-refractivity contribution in [2.24, 2.45) is 0 Å². The molecule has 0 bridgehead atoms. The molecule has 0 N–H and O–H groups in total. The van der Waals surface area contributed by atoms with Crippen molar-refractivity contribution >= 4 is 17.9 Å². The second kappa shape index (κ2) is 50.4. The van der Waals surface area contributed by atoms with Crippen LogP contribution < -0.4 is 66.7 Å². The number of hydrogen-bond donors (Lipinski definition) is 0. The molecule has 0 unspecified atom stereocenters. The summed E-state index contributed by atoms with van der Waals surface area (Å²) in [5.74, 6) is -2.73. The molecular formula is C36H69KMnO6. The molecule has 1 radical (unpaired) electrons. The zero-order valence-electron chi connectivity index (χ0n) is 29.5. The predicted octanol–water partition coefficient (Wildman–Crippen LogP) is 4.97. The largest absolute Gasteiger partial charge is 2.00 e. The first-order chi connectivity index (χ1) is 20.3. The van der Waals surface area contributed by atoms with Crippen LogP contribution in [0.2, 0.25) is 0 Å². The zero-order chi connectivity index (χ0) is 31.9. The minimum atomic E-state index is -0.909. The SMILES string of the molecule is CCCCCCCCCCCC(=O)[O-].CCCCCCCCCCCC(=O)[O-].CCCCCCCCCCCC(=O)[O-].[K+].[Mn+2]. The van der Waals surface area contributed by atoms with E-state index in [1.165, 1.54) is 135 Å². The summed E-state index contributed by atoms with van der Waals surface area (Å²) in [7, 11) is 0. The molecule has 0 saturated carbocycles. The van der Waals surface area contributed by atoms with E-state index in [0.717, 1.165) is 38.5 Å². The van der Waals surface area contributed by atoms with E-state index >= 15 is 0 Å². The van der Waals surface area contributed by atoms with E-state index in [1.54, 1.807) is 0 Å². The molecule has 0 rings (SSSR count). The normalized spacial score (nSPS) is 9.89. The Morgan fingerprint density at radius 2 is 0.455 bits per heavy atom. The Hall–Kier alpha value is 0.566. The number of hydrogen-bond acceptors (Lipinski definition) is 6. The van der Waals surface area contributed by atoms with Crippen molar-refractivity contribution in [2.45, 2.75) is 213 Å². The first-order valence-corrected chi connectivity index (χ1v) is 17.9. The van der Waals surface area contributed by atoms with Crippen LogP contribution >= 0.6 is 0 Å². The summed E-state index contributed by atoms with van der Waals surface area (Å²) >= 11 is 0. The maximum atomic E-state index is 10.1. The van der Waals surface area contributed by atoms with Crippen molar-refractivity contribution in [3.63, 3.8) is 0 Å². The fourth-order valence-electron chi connectivity index (χ4n) is 4.74. The fourth-order valence-corrected chi connectivity index (χ4v) is 4.74. The van der Waals surface area contributed by atoms with Gasteiger partial charge in [-0.1, -0.05) is 175 Å². The van der Waals surface area contributed by atoms with Crippen molar-refractivity contribution < 1.29 is 98.2 Å². The molecule has 0 spiro atoms. The van der Waals surface area contributed by atoms with E-state index in [2.05, 4.69) is 20.8 Å². The van der Waals surface area contributed by atoms with Gasteiger partial charge in [-0.2, -0.15) is 0 Å². The van der Waals surface area contributed by atoms with Crippen LogP contribution in [0.1, 0.15) is 213 Å². The molecule has 0 amide bonds. The molecule has 0 aliphatic carbocycles. The van der Waals surface area contributed by atoms with Crippen molar-refractivity contribution in [3.8, 4) is 0 Å². The monoisotopic (exact) mass is 691 g/mol. The van der Waals surface area contributed by atoms with Crippen molar-refractivity contribution in [1.29, 1.82) is 0 Å². The number of rotatable bonds is 30. The number of carboxylic acid groups (broad SMARTS) is 3. The summed E-state index contributed by atoms with van der Waals surface area (Å²) in [5.41, 5.74) is 0. The van der Waals surface area contributed by atoms with Gasteiger partial charge in [0, 0.05) is 17.9 Å². The molecule has 0 fully saturated rings. The van der Waals surface area contributed by atoms with Crippen molar-refractivity contribution in [2.75, 3.05) is 0 Å². The first kappa shape index (κ1) is 54.0. The number of carbonyl (C=O) groups excluding carboxylic acids is 3. The van der Waals surface area contributed by atoms with Crippen molar-refractivity contribution in [3.05, 3.63) is 0 Å². The van der Waals surface area contributed by atoms with Crippen LogP contribution in [0.25, 0.3) is 0 Å². The van der Waals surface area contributed by atoms with Gasteiger partial charge in [-0.3, -0.25) is 0 Å². The molecule has 0 aliphatic rings. The number of carboxylic acids is 3. The van der Waals surface area contributed by atoms with Gasteiger partial charge in [0.05, 0.1) is 0 Å². The van der Waals surface area contributed by atoms with Crippen molar-refractivity contribution in [1.82, 2.24) is 0 Å². The van der Waals surface area contributed by atoms with E-state index in [0.29, 0.717) is 0 Å². The Morgan fingerprint density at radius 1 is 0.318 bits per heavy atom. The Balaban J connectivity index is -0.000000169. The summed E-state index contributed by atoms with van der Waals surface area (Å²) in [4.78, 5) is 30.3. The minimum Gasteiger partial charge on any atom is -0.550 e. The molecule has 0 saturated heterocycles. The first-order valence-electron chi connectivity index (χ1n) is 17.9. The van der Waals surface area contributed by atoms with Gasteiger partial charge in [-0.25, -0.2) is 0 Å². The van der Waals surface area contributed by atoms with Gasteiger partial charge >= 0.3 is 68.5 Å². The smallest absolute Gasteiger partial charge is 0.550 e. The third-order valence-corrected chi connectivity index (χ3v) is 7.45. The molecule has 6 nitrogen and oxygen atoms in total. The molecule has 8 heteroatoms. The molecule has 257 valence electrons. The zero-order valence-corrected chi connectivity index (χ0v) is 33.8. The van der Waals surface area contributed by atoms with Crippen LogP contribution in [0.4, 0.5) is 0 Å². The molecule has 0 aromatic rings. The number of aliphatic carboxylic acids is 3. The van der Waals surface area contributed by atoms with Gasteiger partial charge in [0.1, 0.15) is 0 Å². The van der Waals surface area contributed by atoms with Gasteiger partial charge in [0.2, 0.25) is 0 Å². The predicted molar refractivity (Wildman–Crippen MR) is 171 cm³/mol. The minimum absolute atomic E-state index is 0. The topological polar surface area (TPSA) is 120 Å². The van der Waals surface area contributed by atoms with Gasteiger partial charge in [0.25, 0.3) is 0 Å². The number of carbonyl (C=O) groups is 3. The van der Waals surface area contributed by atoms with Gasteiger partial charge < -0.3 is 29.7 Å². The van der Waals surface area contributed by atoms with E-state index in [9.17, 15) is 29.7 Å². The Labute approximate surface area is 326 Å². The van der Waals surface area contributed by atoms with Crippen LogP contribution in [0.5, 0.6) is 0 Å². The second-order valence-electron chi connectivity index (χ2n) is 11.9. The molecule has 0 aliphatic heterocycles. The van der Waals surface area contributed by atoms with E-state index in [4.69, 9.17) is 0 Å². The summed E-state index contributed by atoms with van der Waals surface area (Å²) in [5, 5.41) is 30.3. The molecular weight excluding hydrogens is 622 g/mol. The van der Waals surface area contributed by atoms with Crippen LogP contribution in [0, 0.1) is 0 Å². The van der Waals surface area contributed by atoms with Crippen LogP contribution in [-0.4, -0.2) is 17.9 Å². The second-order valence-corrected chi connectivity index (χ2v) is 11.9. The van der Waals surface area contributed by atoms with E-state index < -0.39 is 17.9 Å². The molecule has 0 aromatic heterocycles. The van der Waals surface area contributed by atoms with Gasteiger partial charge in [0.15, 0.2) is 0 Å². The molecule has 0 heterocycles. The van der Waals surface area contributed by atoms with Gasteiger partial charge in [-0.05, 0) is 38.5 Å². The Morgan fingerprint density at radius 3 is 0.591 bits per heavy atom. The average Bonchev–Trinajstić information content (AvgIpc) is 2.95. The van der Waals surface area contributed by atoms with E-state index in [1.807, 2.05) is 0 Å². The summed E-state index contributed by atoms with van der Waals surface area (Å²) < 4.78 is 0.